The van der Waals surface area contributed by atoms with Gasteiger partial charge in [-0.3, -0.25) is 4.79 Å². The maximum atomic E-state index is 12.3. The van der Waals surface area contributed by atoms with Gasteiger partial charge in [-0.1, -0.05) is 12.1 Å². The first-order valence-corrected chi connectivity index (χ1v) is 10.1. The first-order valence-electron chi connectivity index (χ1n) is 9.26. The number of fused-ring (bicyclic) bond motifs is 1. The molecule has 1 aromatic carbocycles. The molecule has 148 valence electrons. The number of anilines is 1. The molecule has 0 saturated heterocycles. The monoisotopic (exact) mass is 407 g/mol. The lowest BCUT2D eigenvalue weighted by molar-refractivity contribution is 0.0955. The molecule has 3 aromatic heterocycles. The molecule has 8 nitrogen and oxygen atoms in total. The van der Waals surface area contributed by atoms with Crippen molar-refractivity contribution in [2.75, 3.05) is 18.4 Å². The minimum absolute atomic E-state index is 0.171. The molecule has 4 rings (SSSR count). The highest BCUT2D eigenvalue weighted by Crippen LogP contribution is 2.21. The fourth-order valence-electron chi connectivity index (χ4n) is 3.02. The number of carbonyl (C=O) groups is 1. The third kappa shape index (κ3) is 4.24. The lowest BCUT2D eigenvalue weighted by Crippen LogP contribution is -2.28. The number of hydrogen-bond donors (Lipinski definition) is 2. The number of nitrogens with zero attached hydrogens (tertiary/aromatic N) is 5. The van der Waals surface area contributed by atoms with Crippen LogP contribution < -0.4 is 10.6 Å². The SMILES string of the molecule is Cc1cc(C)n(-c2cc(NCCNC(=O)c3nc4ccccc4s3)nc(C)n2)n1. The Balaban J connectivity index is 1.37. The highest BCUT2D eigenvalue weighted by atomic mass is 32.1. The normalized spacial score (nSPS) is 11.0. The van der Waals surface area contributed by atoms with E-state index in [-0.39, 0.29) is 5.91 Å². The number of thiazole rings is 1. The van der Waals surface area contributed by atoms with Crippen LogP contribution in [0.2, 0.25) is 0 Å². The van der Waals surface area contributed by atoms with E-state index in [1.807, 2.05) is 57.2 Å². The van der Waals surface area contributed by atoms with Gasteiger partial charge < -0.3 is 10.6 Å². The fraction of sp³-hybridized carbons (Fsp3) is 0.250. The Hall–Kier alpha value is -3.33. The summed E-state index contributed by atoms with van der Waals surface area (Å²) in [5.74, 6) is 1.88. The molecule has 0 spiro atoms. The molecule has 0 atom stereocenters. The van der Waals surface area contributed by atoms with Gasteiger partial charge in [-0.15, -0.1) is 11.3 Å². The molecule has 9 heteroatoms. The predicted octanol–water partition coefficient (Wildman–Crippen LogP) is 3.04. The summed E-state index contributed by atoms with van der Waals surface area (Å²) in [6.45, 7) is 6.76. The largest absolute Gasteiger partial charge is 0.368 e. The summed E-state index contributed by atoms with van der Waals surface area (Å²) in [6.07, 6.45) is 0. The Morgan fingerprint density at radius 1 is 1.07 bits per heavy atom. The Kier molecular flexibility index (Phi) is 5.22. The number of aryl methyl sites for hydroxylation is 3. The molecule has 29 heavy (non-hydrogen) atoms. The molecular formula is C20H21N7OS. The van der Waals surface area contributed by atoms with Crippen LogP contribution >= 0.6 is 11.3 Å². The standard InChI is InChI=1S/C20H21N7OS/c1-12-10-13(2)27(26-12)18-11-17(23-14(3)24-18)21-8-9-22-19(28)20-25-15-6-4-5-7-16(15)29-20/h4-7,10-11H,8-9H2,1-3H3,(H,22,28)(H,21,23,24). The topological polar surface area (TPSA) is 97.6 Å². The maximum Gasteiger partial charge on any atom is 0.280 e. The molecule has 0 aliphatic carbocycles. The van der Waals surface area contributed by atoms with Crippen LogP contribution in [0.1, 0.15) is 27.0 Å². The van der Waals surface area contributed by atoms with Gasteiger partial charge in [-0.05, 0) is 39.0 Å². The van der Waals surface area contributed by atoms with Crippen LogP contribution in [0, 0.1) is 20.8 Å². The minimum Gasteiger partial charge on any atom is -0.368 e. The van der Waals surface area contributed by atoms with E-state index in [1.54, 1.807) is 4.68 Å². The molecule has 0 saturated carbocycles. The van der Waals surface area contributed by atoms with E-state index in [2.05, 4.69) is 30.7 Å². The first kappa shape index (κ1) is 19.0. The Bertz CT molecular complexity index is 1150. The van der Waals surface area contributed by atoms with E-state index in [1.165, 1.54) is 11.3 Å². The number of aromatic nitrogens is 5. The lowest BCUT2D eigenvalue weighted by atomic mass is 10.3. The quantitative estimate of drug-likeness (QED) is 0.477. The number of para-hydroxylation sites is 1. The van der Waals surface area contributed by atoms with E-state index < -0.39 is 0 Å². The summed E-state index contributed by atoms with van der Waals surface area (Å²) in [6, 6.07) is 11.6. The molecule has 0 aliphatic rings. The molecule has 0 radical (unpaired) electrons. The second-order valence-corrected chi connectivity index (χ2v) is 7.70. The van der Waals surface area contributed by atoms with Gasteiger partial charge in [0.15, 0.2) is 10.8 Å². The third-order valence-electron chi connectivity index (χ3n) is 4.26. The summed E-state index contributed by atoms with van der Waals surface area (Å²) in [7, 11) is 0. The fourth-order valence-corrected chi connectivity index (χ4v) is 3.91. The van der Waals surface area contributed by atoms with Crippen LogP contribution in [-0.2, 0) is 0 Å². The smallest absolute Gasteiger partial charge is 0.280 e. The summed E-state index contributed by atoms with van der Waals surface area (Å²) < 4.78 is 2.80. The first-order chi connectivity index (χ1) is 14.0. The van der Waals surface area contributed by atoms with Crippen molar-refractivity contribution in [2.24, 2.45) is 0 Å². The second kappa shape index (κ2) is 7.96. The molecule has 0 fully saturated rings. The minimum atomic E-state index is -0.171. The number of amides is 1. The molecular weight excluding hydrogens is 386 g/mol. The lowest BCUT2D eigenvalue weighted by Gasteiger charge is -2.10. The van der Waals surface area contributed by atoms with Gasteiger partial charge in [-0.2, -0.15) is 5.10 Å². The zero-order valence-corrected chi connectivity index (χ0v) is 17.2. The summed E-state index contributed by atoms with van der Waals surface area (Å²) in [4.78, 5) is 25.6. The summed E-state index contributed by atoms with van der Waals surface area (Å²) in [5, 5.41) is 11.1. The van der Waals surface area contributed by atoms with Crippen molar-refractivity contribution < 1.29 is 4.79 Å². The van der Waals surface area contributed by atoms with Gasteiger partial charge >= 0.3 is 0 Å². The predicted molar refractivity (Wildman–Crippen MR) is 114 cm³/mol. The Labute approximate surface area is 172 Å². The number of nitrogens with one attached hydrogen (secondary N) is 2. The Morgan fingerprint density at radius 3 is 2.66 bits per heavy atom. The number of hydrogen-bond acceptors (Lipinski definition) is 7. The van der Waals surface area contributed by atoms with Crippen LogP contribution in [0.4, 0.5) is 5.82 Å². The second-order valence-electron chi connectivity index (χ2n) is 6.67. The summed E-state index contributed by atoms with van der Waals surface area (Å²) >= 11 is 1.39. The van der Waals surface area contributed by atoms with Gasteiger partial charge in [-0.25, -0.2) is 19.6 Å². The maximum absolute atomic E-state index is 12.3. The van der Waals surface area contributed by atoms with Crippen molar-refractivity contribution in [3.8, 4) is 5.82 Å². The van der Waals surface area contributed by atoms with Crippen molar-refractivity contribution in [3.63, 3.8) is 0 Å². The number of rotatable bonds is 6. The van der Waals surface area contributed by atoms with Crippen LogP contribution in [0.15, 0.2) is 36.4 Å². The summed E-state index contributed by atoms with van der Waals surface area (Å²) in [5.41, 5.74) is 2.79. The van der Waals surface area contributed by atoms with E-state index in [0.717, 1.165) is 21.6 Å². The van der Waals surface area contributed by atoms with Crippen molar-refractivity contribution in [1.82, 2.24) is 30.0 Å². The van der Waals surface area contributed by atoms with E-state index in [0.29, 0.717) is 35.6 Å². The zero-order valence-electron chi connectivity index (χ0n) is 16.4. The molecule has 4 aromatic rings. The van der Waals surface area contributed by atoms with Crippen molar-refractivity contribution >= 4 is 33.3 Å². The van der Waals surface area contributed by atoms with E-state index in [4.69, 9.17) is 0 Å². The van der Waals surface area contributed by atoms with Crippen molar-refractivity contribution in [1.29, 1.82) is 0 Å². The van der Waals surface area contributed by atoms with Crippen LogP contribution in [0.3, 0.4) is 0 Å². The third-order valence-corrected chi connectivity index (χ3v) is 5.29. The molecule has 0 bridgehead atoms. The average Bonchev–Trinajstić information content (AvgIpc) is 3.27. The van der Waals surface area contributed by atoms with Gasteiger partial charge in [0.05, 0.1) is 15.9 Å². The number of benzene rings is 1. The number of carbonyl (C=O) groups excluding carboxylic acids is 1. The van der Waals surface area contributed by atoms with E-state index >= 15 is 0 Å². The molecule has 2 N–H and O–H groups in total. The van der Waals surface area contributed by atoms with Gasteiger partial charge in [0.25, 0.3) is 5.91 Å². The van der Waals surface area contributed by atoms with Gasteiger partial charge in [0.2, 0.25) is 0 Å². The Morgan fingerprint density at radius 2 is 1.90 bits per heavy atom. The highest BCUT2D eigenvalue weighted by molar-refractivity contribution is 7.20. The zero-order chi connectivity index (χ0) is 20.4. The van der Waals surface area contributed by atoms with Crippen LogP contribution in [0.25, 0.3) is 16.0 Å². The molecule has 1 amide bonds. The molecule has 3 heterocycles. The molecule has 0 aliphatic heterocycles. The van der Waals surface area contributed by atoms with Crippen molar-refractivity contribution in [3.05, 3.63) is 58.6 Å². The van der Waals surface area contributed by atoms with Crippen LogP contribution in [0.5, 0.6) is 0 Å². The van der Waals surface area contributed by atoms with Crippen LogP contribution in [-0.4, -0.2) is 43.7 Å². The van der Waals surface area contributed by atoms with E-state index in [9.17, 15) is 4.79 Å². The average molecular weight is 408 g/mol. The van der Waals surface area contributed by atoms with Crippen molar-refractivity contribution in [2.45, 2.75) is 20.8 Å². The molecule has 0 unspecified atom stereocenters. The van der Waals surface area contributed by atoms with Gasteiger partial charge in [0.1, 0.15) is 11.6 Å². The highest BCUT2D eigenvalue weighted by Gasteiger charge is 2.12. The van der Waals surface area contributed by atoms with Gasteiger partial charge in [0, 0.05) is 24.8 Å².